The number of aromatic hydroxyl groups is 1. The largest absolute Gasteiger partial charge is 0.504 e. The summed E-state index contributed by atoms with van der Waals surface area (Å²) >= 11 is 0. The lowest BCUT2D eigenvalue weighted by Gasteiger charge is -2.13. The Morgan fingerprint density at radius 1 is 1.47 bits per heavy atom. The number of ether oxygens (including phenoxy) is 1. The molecule has 1 atom stereocenters. The zero-order valence-corrected chi connectivity index (χ0v) is 10.1. The van der Waals surface area contributed by atoms with Crippen molar-refractivity contribution in [3.63, 3.8) is 0 Å². The second-order valence-corrected chi connectivity index (χ2v) is 3.96. The fraction of sp³-hybridized carbons (Fsp3) is 0.462. The van der Waals surface area contributed by atoms with Crippen LogP contribution in [0.5, 0.6) is 11.5 Å². The number of aliphatic carboxylic acids is 1. The molecule has 94 valence electrons. The van der Waals surface area contributed by atoms with Crippen LogP contribution in [0.25, 0.3) is 0 Å². The van der Waals surface area contributed by atoms with Crippen LogP contribution in [-0.4, -0.2) is 23.3 Å². The first-order chi connectivity index (χ1) is 8.10. The van der Waals surface area contributed by atoms with E-state index in [1.807, 2.05) is 6.92 Å². The van der Waals surface area contributed by atoms with E-state index in [0.717, 1.165) is 12.8 Å². The van der Waals surface area contributed by atoms with Gasteiger partial charge in [-0.1, -0.05) is 25.8 Å². The number of carbonyl (C=O) groups is 1. The summed E-state index contributed by atoms with van der Waals surface area (Å²) in [6.07, 6.45) is 2.42. The van der Waals surface area contributed by atoms with Crippen molar-refractivity contribution in [1.82, 2.24) is 0 Å². The van der Waals surface area contributed by atoms with Gasteiger partial charge in [-0.3, -0.25) is 4.79 Å². The third-order valence-corrected chi connectivity index (χ3v) is 2.75. The summed E-state index contributed by atoms with van der Waals surface area (Å²) in [6.45, 7) is 2.02. The molecular weight excluding hydrogens is 220 g/mol. The monoisotopic (exact) mass is 238 g/mol. The summed E-state index contributed by atoms with van der Waals surface area (Å²) in [7, 11) is 1.45. The predicted molar refractivity (Wildman–Crippen MR) is 64.6 cm³/mol. The number of carboxylic acids is 1. The molecule has 0 saturated carbocycles. The molecule has 2 N–H and O–H groups in total. The minimum Gasteiger partial charge on any atom is -0.504 e. The number of phenols is 1. The maximum atomic E-state index is 11.2. The third kappa shape index (κ3) is 3.37. The molecule has 0 heterocycles. The summed E-state index contributed by atoms with van der Waals surface area (Å²) in [4.78, 5) is 11.2. The van der Waals surface area contributed by atoms with Crippen molar-refractivity contribution >= 4 is 5.97 Å². The minimum absolute atomic E-state index is 0.0240. The Morgan fingerprint density at radius 2 is 2.18 bits per heavy atom. The van der Waals surface area contributed by atoms with Gasteiger partial charge in [-0.15, -0.1) is 0 Å². The number of unbranched alkanes of at least 4 members (excludes halogenated alkanes) is 1. The van der Waals surface area contributed by atoms with Crippen LogP contribution >= 0.6 is 0 Å². The van der Waals surface area contributed by atoms with Crippen LogP contribution < -0.4 is 4.74 Å². The number of benzene rings is 1. The zero-order chi connectivity index (χ0) is 12.8. The molecule has 0 saturated heterocycles. The molecule has 0 aromatic heterocycles. The lowest BCUT2D eigenvalue weighted by Crippen LogP contribution is -2.11. The van der Waals surface area contributed by atoms with Crippen molar-refractivity contribution < 1.29 is 19.7 Å². The van der Waals surface area contributed by atoms with Crippen molar-refractivity contribution in [2.75, 3.05) is 7.11 Å². The Bertz CT molecular complexity index is 387. The van der Waals surface area contributed by atoms with Gasteiger partial charge < -0.3 is 14.9 Å². The van der Waals surface area contributed by atoms with Gasteiger partial charge in [0.25, 0.3) is 0 Å². The van der Waals surface area contributed by atoms with Gasteiger partial charge in [0.2, 0.25) is 0 Å². The van der Waals surface area contributed by atoms with Gasteiger partial charge in [0.05, 0.1) is 13.0 Å². The van der Waals surface area contributed by atoms with E-state index in [-0.39, 0.29) is 5.75 Å². The van der Waals surface area contributed by atoms with Gasteiger partial charge in [0, 0.05) is 0 Å². The molecule has 0 amide bonds. The van der Waals surface area contributed by atoms with Crippen LogP contribution in [-0.2, 0) is 4.79 Å². The Morgan fingerprint density at radius 3 is 2.71 bits per heavy atom. The van der Waals surface area contributed by atoms with Crippen molar-refractivity contribution in [3.05, 3.63) is 23.8 Å². The van der Waals surface area contributed by atoms with Crippen molar-refractivity contribution in [1.29, 1.82) is 0 Å². The van der Waals surface area contributed by atoms with Crippen molar-refractivity contribution in [2.24, 2.45) is 0 Å². The molecule has 0 bridgehead atoms. The van der Waals surface area contributed by atoms with E-state index in [2.05, 4.69) is 0 Å². The molecule has 0 radical (unpaired) electrons. The third-order valence-electron chi connectivity index (χ3n) is 2.75. The Kier molecular flexibility index (Phi) is 4.82. The van der Waals surface area contributed by atoms with E-state index in [4.69, 9.17) is 4.74 Å². The number of phenolic OH excluding ortho intramolecular Hbond substituents is 1. The maximum Gasteiger partial charge on any atom is 0.310 e. The molecule has 0 aliphatic carbocycles. The number of hydrogen-bond donors (Lipinski definition) is 2. The second-order valence-electron chi connectivity index (χ2n) is 3.96. The minimum atomic E-state index is -0.841. The number of hydrogen-bond acceptors (Lipinski definition) is 3. The average molecular weight is 238 g/mol. The molecule has 0 spiro atoms. The topological polar surface area (TPSA) is 66.8 Å². The van der Waals surface area contributed by atoms with Crippen LogP contribution in [0.2, 0.25) is 0 Å². The Hall–Kier alpha value is -1.71. The summed E-state index contributed by atoms with van der Waals surface area (Å²) in [6, 6.07) is 4.69. The molecule has 0 aliphatic heterocycles. The highest BCUT2D eigenvalue weighted by molar-refractivity contribution is 5.76. The molecule has 1 rings (SSSR count). The van der Waals surface area contributed by atoms with Gasteiger partial charge in [-0.25, -0.2) is 0 Å². The van der Waals surface area contributed by atoms with Gasteiger partial charge in [0.15, 0.2) is 11.5 Å². The first kappa shape index (κ1) is 13.4. The molecule has 4 heteroatoms. The molecule has 0 aliphatic rings. The molecule has 0 fully saturated rings. The first-order valence-corrected chi connectivity index (χ1v) is 5.69. The highest BCUT2D eigenvalue weighted by atomic mass is 16.5. The summed E-state index contributed by atoms with van der Waals surface area (Å²) < 4.78 is 4.98. The van der Waals surface area contributed by atoms with Crippen LogP contribution in [0.15, 0.2) is 18.2 Å². The lowest BCUT2D eigenvalue weighted by atomic mass is 9.93. The fourth-order valence-corrected chi connectivity index (χ4v) is 1.75. The molecular formula is C13H18O4. The van der Waals surface area contributed by atoms with Crippen LogP contribution in [0, 0.1) is 0 Å². The Labute approximate surface area is 101 Å². The van der Waals surface area contributed by atoms with Crippen LogP contribution in [0.1, 0.15) is 37.7 Å². The van der Waals surface area contributed by atoms with E-state index < -0.39 is 11.9 Å². The summed E-state index contributed by atoms with van der Waals surface area (Å²) in [5.41, 5.74) is 0.667. The lowest BCUT2D eigenvalue weighted by molar-refractivity contribution is -0.139. The smallest absolute Gasteiger partial charge is 0.310 e. The van der Waals surface area contributed by atoms with Gasteiger partial charge in [-0.05, 0) is 24.1 Å². The highest BCUT2D eigenvalue weighted by Crippen LogP contribution is 2.31. The number of methoxy groups -OCH3 is 1. The molecule has 17 heavy (non-hydrogen) atoms. The quantitative estimate of drug-likeness (QED) is 0.799. The van der Waals surface area contributed by atoms with Gasteiger partial charge >= 0.3 is 5.97 Å². The van der Waals surface area contributed by atoms with E-state index in [9.17, 15) is 15.0 Å². The molecule has 1 unspecified atom stereocenters. The van der Waals surface area contributed by atoms with Gasteiger partial charge in [0.1, 0.15) is 0 Å². The average Bonchev–Trinajstić information content (AvgIpc) is 2.31. The van der Waals surface area contributed by atoms with Gasteiger partial charge in [-0.2, -0.15) is 0 Å². The molecule has 4 nitrogen and oxygen atoms in total. The first-order valence-electron chi connectivity index (χ1n) is 5.69. The summed E-state index contributed by atoms with van der Waals surface area (Å²) in [5, 5.41) is 18.6. The maximum absolute atomic E-state index is 11.2. The van der Waals surface area contributed by atoms with E-state index in [1.165, 1.54) is 13.2 Å². The van der Waals surface area contributed by atoms with Crippen LogP contribution in [0.4, 0.5) is 0 Å². The Balaban J connectivity index is 2.97. The number of carboxylic acid groups (broad SMARTS) is 1. The fourth-order valence-electron chi connectivity index (χ4n) is 1.75. The highest BCUT2D eigenvalue weighted by Gasteiger charge is 2.20. The van der Waals surface area contributed by atoms with E-state index in [1.54, 1.807) is 12.1 Å². The zero-order valence-electron chi connectivity index (χ0n) is 10.1. The predicted octanol–water partition coefficient (Wildman–Crippen LogP) is 2.76. The summed E-state index contributed by atoms with van der Waals surface area (Å²) in [5.74, 6) is -1.04. The normalized spacial score (nSPS) is 12.1. The molecule has 1 aromatic carbocycles. The second kappa shape index (κ2) is 6.13. The number of rotatable bonds is 6. The standard InChI is InChI=1S/C13H18O4/c1-3-4-5-10(13(15)16)9-6-7-11(14)12(8-9)17-2/h6-8,10,14H,3-5H2,1-2H3,(H,15,16). The SMILES string of the molecule is CCCCC(C(=O)O)c1ccc(O)c(OC)c1. The van der Waals surface area contributed by atoms with Crippen molar-refractivity contribution in [2.45, 2.75) is 32.1 Å². The van der Waals surface area contributed by atoms with E-state index >= 15 is 0 Å². The van der Waals surface area contributed by atoms with E-state index in [0.29, 0.717) is 17.7 Å². The van der Waals surface area contributed by atoms with Crippen LogP contribution in [0.3, 0.4) is 0 Å². The molecule has 1 aromatic rings. The van der Waals surface area contributed by atoms with Crippen molar-refractivity contribution in [3.8, 4) is 11.5 Å².